The molecule has 9 nitrogen and oxygen atoms in total. The number of imidazole rings is 2. The molecule has 4 aromatic heterocycles. The average molecular weight is 612 g/mol. The second-order valence-corrected chi connectivity index (χ2v) is 11.4. The van der Waals surface area contributed by atoms with Crippen LogP contribution in [-0.4, -0.2) is 41.2 Å². The number of nitrogens with two attached hydrogens (primary N) is 1. The van der Waals surface area contributed by atoms with Gasteiger partial charge in [-0.2, -0.15) is 0 Å². The summed E-state index contributed by atoms with van der Waals surface area (Å²) in [4.78, 5) is 8.87. The fraction of sp³-hybridized carbons (Fsp3) is 0.235. The van der Waals surface area contributed by atoms with Crippen LogP contribution in [0.3, 0.4) is 0 Å². The molecule has 8 rings (SSSR count). The first-order chi connectivity index (χ1) is 21.7. The molecule has 45 heavy (non-hydrogen) atoms. The lowest BCUT2D eigenvalue weighted by Gasteiger charge is -2.18. The van der Waals surface area contributed by atoms with Gasteiger partial charge in [0.25, 0.3) is 0 Å². The number of pyridine rings is 2. The molecule has 0 bridgehead atoms. The highest BCUT2D eigenvalue weighted by Gasteiger charge is 2.35. The molecular weight excluding hydrogens is 580 g/mol. The maximum Gasteiger partial charge on any atom is 0.181 e. The zero-order chi connectivity index (χ0) is 31.4. The van der Waals surface area contributed by atoms with Crippen LogP contribution in [0.4, 0.5) is 14.6 Å². The predicted molar refractivity (Wildman–Crippen MR) is 163 cm³/mol. The fourth-order valence-corrected chi connectivity index (χ4v) is 6.16. The molecule has 2 aliphatic carbocycles. The molecule has 0 saturated heterocycles. The first-order valence-corrected chi connectivity index (χ1v) is 14.6. The molecule has 0 radical (unpaired) electrons. The quantitative estimate of drug-likeness (QED) is 0.250. The SMILES string of the molecule is Cc1cn2cccc(OC3c4ccc(F)cc4CC3O)c2n1.Cc1nc2c(OC3c4ccc(F)cc4CC3O)cccn2c1N. The Bertz CT molecular complexity index is 2060. The predicted octanol–water partition coefficient (Wildman–Crippen LogP) is 5.22. The molecular formula is C34H31F2N5O4. The zero-order valence-electron chi connectivity index (χ0n) is 24.6. The van der Waals surface area contributed by atoms with Gasteiger partial charge in [-0.25, -0.2) is 18.7 Å². The molecule has 4 N–H and O–H groups in total. The van der Waals surface area contributed by atoms with Crippen molar-refractivity contribution in [3.63, 3.8) is 0 Å². The third-order valence-corrected chi connectivity index (χ3v) is 8.29. The first kappa shape index (κ1) is 28.8. The van der Waals surface area contributed by atoms with Gasteiger partial charge in [-0.05, 0) is 84.6 Å². The van der Waals surface area contributed by atoms with Crippen molar-refractivity contribution in [2.75, 3.05) is 5.73 Å². The van der Waals surface area contributed by atoms with Gasteiger partial charge in [-0.15, -0.1) is 0 Å². The highest BCUT2D eigenvalue weighted by Crippen LogP contribution is 2.38. The van der Waals surface area contributed by atoms with Crippen molar-refractivity contribution in [1.29, 1.82) is 0 Å². The number of aromatic nitrogens is 4. The number of rotatable bonds is 4. The standard InChI is InChI=1S/C17H16FN3O2.C17H15FN2O2/c1-9-16(19)21-6-2-3-14(17(21)20-9)23-15-12-5-4-11(18)7-10(12)8-13(15)22;1-10-9-20-6-2-3-15(17(20)19-10)22-16-13-5-4-12(18)7-11(13)8-14(16)21/h2-7,13,15,22H,8,19H2,1H3;2-7,9,14,16,21H,8H2,1H3. The van der Waals surface area contributed by atoms with Crippen molar-refractivity contribution in [3.05, 3.63) is 125 Å². The molecule has 4 heterocycles. The van der Waals surface area contributed by atoms with E-state index in [2.05, 4.69) is 9.97 Å². The first-order valence-electron chi connectivity index (χ1n) is 14.6. The number of hydrogen-bond acceptors (Lipinski definition) is 7. The van der Waals surface area contributed by atoms with Crippen LogP contribution in [0.1, 0.15) is 45.8 Å². The van der Waals surface area contributed by atoms with Gasteiger partial charge in [-0.3, -0.25) is 4.40 Å². The summed E-state index contributed by atoms with van der Waals surface area (Å²) in [5.41, 5.74) is 12.1. The monoisotopic (exact) mass is 611 g/mol. The summed E-state index contributed by atoms with van der Waals surface area (Å²) in [5, 5.41) is 20.6. The van der Waals surface area contributed by atoms with E-state index in [4.69, 9.17) is 15.2 Å². The number of fused-ring (bicyclic) bond motifs is 4. The molecule has 0 fully saturated rings. The Morgan fingerprint density at radius 1 is 0.778 bits per heavy atom. The summed E-state index contributed by atoms with van der Waals surface area (Å²) in [6, 6.07) is 16.3. The third kappa shape index (κ3) is 5.23. The summed E-state index contributed by atoms with van der Waals surface area (Å²) >= 11 is 0. The smallest absolute Gasteiger partial charge is 0.181 e. The van der Waals surface area contributed by atoms with Gasteiger partial charge in [0, 0.05) is 31.4 Å². The lowest BCUT2D eigenvalue weighted by Crippen LogP contribution is -2.19. The Morgan fingerprint density at radius 3 is 1.93 bits per heavy atom. The summed E-state index contributed by atoms with van der Waals surface area (Å²) in [6.07, 6.45) is 3.94. The normalized spacial score (nSPS) is 20.1. The van der Waals surface area contributed by atoms with Crippen molar-refractivity contribution < 1.29 is 28.5 Å². The Labute approximate surface area is 257 Å². The van der Waals surface area contributed by atoms with Crippen molar-refractivity contribution >= 4 is 17.1 Å². The molecule has 230 valence electrons. The number of ether oxygens (including phenoxy) is 2. The Balaban J connectivity index is 0.000000145. The van der Waals surface area contributed by atoms with Crippen molar-refractivity contribution in [3.8, 4) is 11.5 Å². The van der Waals surface area contributed by atoms with E-state index in [-0.39, 0.29) is 11.6 Å². The van der Waals surface area contributed by atoms with Gasteiger partial charge in [0.05, 0.1) is 23.6 Å². The molecule has 0 aliphatic heterocycles. The minimum absolute atomic E-state index is 0.294. The third-order valence-electron chi connectivity index (χ3n) is 8.29. The van der Waals surface area contributed by atoms with E-state index in [1.807, 2.05) is 55.0 Å². The number of aliphatic hydroxyl groups is 2. The van der Waals surface area contributed by atoms with E-state index in [1.165, 1.54) is 24.3 Å². The number of aliphatic hydroxyl groups excluding tert-OH is 2. The number of nitrogens with zero attached hydrogens (tertiary/aromatic N) is 4. The molecule has 4 atom stereocenters. The molecule has 6 aromatic rings. The second kappa shape index (κ2) is 11.2. The van der Waals surface area contributed by atoms with Gasteiger partial charge in [0.2, 0.25) is 0 Å². The van der Waals surface area contributed by atoms with Crippen LogP contribution in [0.5, 0.6) is 11.5 Å². The van der Waals surface area contributed by atoms with Crippen LogP contribution in [0, 0.1) is 25.5 Å². The van der Waals surface area contributed by atoms with Crippen LogP contribution in [-0.2, 0) is 12.8 Å². The minimum Gasteiger partial charge on any atom is -0.479 e. The van der Waals surface area contributed by atoms with Gasteiger partial charge in [-0.1, -0.05) is 12.1 Å². The molecule has 2 aromatic carbocycles. The van der Waals surface area contributed by atoms with E-state index in [9.17, 15) is 19.0 Å². The largest absolute Gasteiger partial charge is 0.479 e. The Kier molecular flexibility index (Phi) is 7.14. The zero-order valence-corrected chi connectivity index (χ0v) is 24.6. The number of benzene rings is 2. The molecule has 0 amide bonds. The van der Waals surface area contributed by atoms with E-state index < -0.39 is 24.4 Å². The van der Waals surface area contributed by atoms with Gasteiger partial charge < -0.3 is 29.8 Å². The van der Waals surface area contributed by atoms with Crippen molar-refractivity contribution in [1.82, 2.24) is 18.8 Å². The summed E-state index contributed by atoms with van der Waals surface area (Å²) in [5.74, 6) is 1.10. The molecule has 0 saturated carbocycles. The highest BCUT2D eigenvalue weighted by atomic mass is 19.1. The topological polar surface area (TPSA) is 120 Å². The summed E-state index contributed by atoms with van der Waals surface area (Å²) in [6.45, 7) is 3.74. The number of hydrogen-bond donors (Lipinski definition) is 3. The highest BCUT2D eigenvalue weighted by molar-refractivity contribution is 5.61. The van der Waals surface area contributed by atoms with Gasteiger partial charge in [0.1, 0.15) is 17.5 Å². The Morgan fingerprint density at radius 2 is 1.33 bits per heavy atom. The van der Waals surface area contributed by atoms with Crippen LogP contribution in [0.25, 0.3) is 11.3 Å². The van der Waals surface area contributed by atoms with Crippen LogP contribution < -0.4 is 15.2 Å². The number of anilines is 1. The molecule has 0 spiro atoms. The van der Waals surface area contributed by atoms with Gasteiger partial charge in [0.15, 0.2) is 35.0 Å². The average Bonchev–Trinajstić information content (AvgIpc) is 3.71. The number of aryl methyl sites for hydroxylation is 2. The maximum absolute atomic E-state index is 13.3. The molecule has 11 heteroatoms. The van der Waals surface area contributed by atoms with Crippen LogP contribution in [0.2, 0.25) is 0 Å². The lowest BCUT2D eigenvalue weighted by atomic mass is 10.1. The van der Waals surface area contributed by atoms with Crippen molar-refractivity contribution in [2.45, 2.75) is 51.1 Å². The second-order valence-electron chi connectivity index (χ2n) is 11.4. The maximum atomic E-state index is 13.3. The lowest BCUT2D eigenvalue weighted by molar-refractivity contribution is 0.0501. The van der Waals surface area contributed by atoms with Crippen molar-refractivity contribution in [2.24, 2.45) is 0 Å². The molecule has 4 unspecified atom stereocenters. The van der Waals surface area contributed by atoms with E-state index in [0.29, 0.717) is 41.5 Å². The number of nitrogen functional groups attached to an aromatic ring is 1. The van der Waals surface area contributed by atoms with Crippen LogP contribution in [0.15, 0.2) is 79.3 Å². The van der Waals surface area contributed by atoms with Gasteiger partial charge >= 0.3 is 0 Å². The Hall–Kier alpha value is -5.00. The molecule has 2 aliphatic rings. The summed E-state index contributed by atoms with van der Waals surface area (Å²) < 4.78 is 42.4. The van der Waals surface area contributed by atoms with Crippen LogP contribution >= 0.6 is 0 Å². The minimum atomic E-state index is -0.722. The fourth-order valence-electron chi connectivity index (χ4n) is 6.16. The van der Waals surface area contributed by atoms with E-state index in [1.54, 1.807) is 22.6 Å². The van der Waals surface area contributed by atoms with E-state index in [0.717, 1.165) is 33.6 Å². The summed E-state index contributed by atoms with van der Waals surface area (Å²) in [7, 11) is 0. The van der Waals surface area contributed by atoms with E-state index >= 15 is 0 Å². The number of halogens is 2.